The predicted molar refractivity (Wildman–Crippen MR) is 220 cm³/mol. The predicted octanol–water partition coefficient (Wildman–Crippen LogP) is 5.65. The maximum atomic E-state index is 11.6. The number of carbonyl (C=O) groups is 6. The van der Waals surface area contributed by atoms with Crippen LogP contribution in [0.3, 0.4) is 0 Å². The minimum atomic E-state index is -2.87. The summed E-state index contributed by atoms with van der Waals surface area (Å²) in [6.45, 7) is 18.7. The summed E-state index contributed by atoms with van der Waals surface area (Å²) >= 11 is 10.4. The highest BCUT2D eigenvalue weighted by atomic mass is 32.5. The van der Waals surface area contributed by atoms with Gasteiger partial charge >= 0.3 is 43.3 Å². The van der Waals surface area contributed by atoms with Crippen LogP contribution in [0.15, 0.2) is 0 Å². The molecule has 23 heteroatoms. The molecule has 0 spiro atoms. The van der Waals surface area contributed by atoms with E-state index >= 15 is 0 Å². The van der Waals surface area contributed by atoms with Crippen molar-refractivity contribution < 1.29 is 89.4 Å². The van der Waals surface area contributed by atoms with E-state index in [1.165, 1.54) is 12.8 Å². The van der Waals surface area contributed by atoms with Gasteiger partial charge in [0.2, 0.25) is 0 Å². The van der Waals surface area contributed by atoms with Gasteiger partial charge < -0.3 is 56.4 Å². The van der Waals surface area contributed by atoms with E-state index in [1.807, 2.05) is 48.5 Å². The summed E-state index contributed by atoms with van der Waals surface area (Å²) in [5.41, 5.74) is 0. The van der Waals surface area contributed by atoms with Crippen molar-refractivity contribution in [2.24, 2.45) is 0 Å². The monoisotopic (exact) mass is 918 g/mol. The summed E-state index contributed by atoms with van der Waals surface area (Å²) in [6.07, 6.45) is -5.91. The molecular formula is C35H68O19P2S2. The first-order chi connectivity index (χ1) is 27.1. The topological polar surface area (TPSA) is 233 Å². The number of hydrogen-bond donors (Lipinski definition) is 1. The molecule has 344 valence electrons. The van der Waals surface area contributed by atoms with E-state index in [0.717, 1.165) is 47.8 Å². The Hall–Kier alpha value is -2.00. The Morgan fingerprint density at radius 2 is 0.862 bits per heavy atom. The summed E-state index contributed by atoms with van der Waals surface area (Å²) in [4.78, 5) is 68.9. The van der Waals surface area contributed by atoms with Gasteiger partial charge in [0.25, 0.3) is 0 Å². The molecule has 0 aromatic rings. The molecule has 1 N–H and O–H groups in total. The van der Waals surface area contributed by atoms with Crippen LogP contribution in [0.2, 0.25) is 0 Å². The SMILES string of the molecule is CC(=O)O[C@H]([C@@H](OC(C)=O)[C@H](C=O)OC(C)=O)[C@H](OC(C)=O)[C@@H](CO)OC(C)=O.CCCC.CCOC(C)OCC.CCOP(=S)(OCC)OP(=S)(OCC)OCC. The van der Waals surface area contributed by atoms with Gasteiger partial charge in [0.15, 0.2) is 43.1 Å². The number of carbonyl (C=O) groups excluding carboxylic acids is 6. The number of aliphatic hydroxyl groups excluding tert-OH is 1. The fourth-order valence-corrected chi connectivity index (χ4v) is 10.2. The maximum absolute atomic E-state index is 11.6. The molecule has 0 saturated heterocycles. The fourth-order valence-electron chi connectivity index (χ4n) is 3.80. The van der Waals surface area contributed by atoms with Crippen molar-refractivity contribution in [3.63, 3.8) is 0 Å². The summed E-state index contributed by atoms with van der Waals surface area (Å²) in [5.74, 6) is -4.66. The smallest absolute Gasteiger partial charge is 0.334 e. The first-order valence-electron chi connectivity index (χ1n) is 18.7. The molecular weight excluding hydrogens is 850 g/mol. The van der Waals surface area contributed by atoms with E-state index in [0.29, 0.717) is 26.4 Å². The standard InChI is InChI=1S/C17H24O12.C8H20O5P2S2.C6H14O2.C4H10/c1-8(20)25-13(6-18)15(27-10(3)22)17(29-12(5)24)16(28-11(4)23)14(7-19)26-9(2)21;1-5-9-14(16,10-6-2)13-15(17,11-7-3)12-8-4;1-4-7-6(3)8-5-2;1-3-4-2/h6,13-17,19H,7H2,1-5H3;5-8H2,1-4H3;6H,4-5H2,1-3H3;3-4H2,1-2H3/t13-,14+,15-,16+,17+;;;/m0.../s1. The second kappa shape index (κ2) is 38.0. The molecule has 19 nitrogen and oxygen atoms in total. The third-order valence-electron chi connectivity index (χ3n) is 5.83. The lowest BCUT2D eigenvalue weighted by Gasteiger charge is -2.36. The minimum absolute atomic E-state index is 0.0370. The average Bonchev–Trinajstić information content (AvgIpc) is 3.11. The molecule has 0 aliphatic heterocycles. The number of unbranched alkanes of at least 4 members (excludes halogenated alkanes) is 1. The second-order valence-corrected chi connectivity index (χ2v) is 17.0. The van der Waals surface area contributed by atoms with Crippen LogP contribution in [0.1, 0.15) is 110 Å². The zero-order chi connectivity index (χ0) is 45.9. The highest BCUT2D eigenvalue weighted by Crippen LogP contribution is 2.66. The first kappa shape index (κ1) is 62.6. The molecule has 0 bridgehead atoms. The number of aldehydes is 1. The van der Waals surface area contributed by atoms with Crippen molar-refractivity contribution in [1.82, 2.24) is 0 Å². The minimum Gasteiger partial charge on any atom is -0.456 e. The third kappa shape index (κ3) is 33.8. The van der Waals surface area contributed by atoms with E-state index in [-0.39, 0.29) is 12.6 Å². The number of rotatable bonds is 26. The largest absolute Gasteiger partial charge is 0.456 e. The molecule has 0 rings (SSSR count). The molecule has 0 amide bonds. The van der Waals surface area contributed by atoms with E-state index in [9.17, 15) is 33.9 Å². The molecule has 5 atom stereocenters. The van der Waals surface area contributed by atoms with Gasteiger partial charge in [-0.15, -0.1) is 0 Å². The third-order valence-corrected chi connectivity index (χ3v) is 12.2. The van der Waals surface area contributed by atoms with Crippen LogP contribution < -0.4 is 0 Å². The Kier molecular flexibility index (Phi) is 41.0. The molecule has 0 saturated carbocycles. The van der Waals surface area contributed by atoms with Gasteiger partial charge in [-0.1, -0.05) is 26.7 Å². The molecule has 58 heavy (non-hydrogen) atoms. The van der Waals surface area contributed by atoms with Crippen LogP contribution in [0.5, 0.6) is 0 Å². The van der Waals surface area contributed by atoms with Gasteiger partial charge in [-0.3, -0.25) is 28.8 Å². The molecule has 0 aliphatic rings. The Morgan fingerprint density at radius 3 is 1.12 bits per heavy atom. The number of ether oxygens (including phenoxy) is 7. The Morgan fingerprint density at radius 1 is 0.534 bits per heavy atom. The van der Waals surface area contributed by atoms with Gasteiger partial charge in [-0.2, -0.15) is 0 Å². The summed E-state index contributed by atoms with van der Waals surface area (Å²) < 4.78 is 61.8. The van der Waals surface area contributed by atoms with Crippen molar-refractivity contribution >= 4 is 73.2 Å². The normalized spacial score (nSPS) is 13.5. The maximum Gasteiger partial charge on any atom is 0.334 e. The van der Waals surface area contributed by atoms with Crippen molar-refractivity contribution in [3.8, 4) is 0 Å². The van der Waals surface area contributed by atoms with Gasteiger partial charge in [-0.05, 0) is 72.1 Å². The van der Waals surface area contributed by atoms with E-state index in [1.54, 1.807) is 0 Å². The summed E-state index contributed by atoms with van der Waals surface area (Å²) in [7, 11) is 0. The van der Waals surface area contributed by atoms with Crippen LogP contribution in [-0.2, 0) is 108 Å². The fraction of sp³-hybridized carbons (Fsp3) is 0.829. The number of aliphatic hydroxyl groups is 1. The van der Waals surface area contributed by atoms with Crippen molar-refractivity contribution in [3.05, 3.63) is 0 Å². The number of hydrogen-bond acceptors (Lipinski definition) is 21. The molecule has 0 aliphatic carbocycles. The lowest BCUT2D eigenvalue weighted by atomic mass is 9.98. The lowest BCUT2D eigenvalue weighted by Crippen LogP contribution is -2.56. The van der Waals surface area contributed by atoms with Crippen molar-refractivity contribution in [2.75, 3.05) is 46.2 Å². The van der Waals surface area contributed by atoms with Crippen molar-refractivity contribution in [2.45, 2.75) is 147 Å². The molecule has 0 fully saturated rings. The summed E-state index contributed by atoms with van der Waals surface area (Å²) in [5, 5.41) is 9.57. The first-order valence-corrected chi connectivity index (χ1v) is 23.9. The second-order valence-electron chi connectivity index (χ2n) is 10.9. The van der Waals surface area contributed by atoms with E-state index in [4.69, 9.17) is 79.2 Å². The molecule has 0 aromatic carbocycles. The van der Waals surface area contributed by atoms with Crippen LogP contribution in [0, 0.1) is 0 Å². The Balaban J connectivity index is -0.000000419. The van der Waals surface area contributed by atoms with E-state index in [2.05, 4.69) is 13.8 Å². The van der Waals surface area contributed by atoms with Gasteiger partial charge in [0, 0.05) is 47.8 Å². The zero-order valence-corrected chi connectivity index (χ0v) is 39.8. The Bertz CT molecular complexity index is 1190. The van der Waals surface area contributed by atoms with Gasteiger partial charge in [0.1, 0.15) is 0 Å². The van der Waals surface area contributed by atoms with Crippen LogP contribution >= 0.6 is 13.4 Å². The molecule has 0 unspecified atom stereocenters. The van der Waals surface area contributed by atoms with E-state index < -0.39 is 80.4 Å². The number of esters is 5. The molecule has 0 heterocycles. The molecule has 0 aromatic heterocycles. The zero-order valence-electron chi connectivity index (χ0n) is 36.4. The van der Waals surface area contributed by atoms with Gasteiger partial charge in [0.05, 0.1) is 33.0 Å². The van der Waals surface area contributed by atoms with Crippen LogP contribution in [0.4, 0.5) is 0 Å². The van der Waals surface area contributed by atoms with Crippen LogP contribution in [0.25, 0.3) is 0 Å². The highest BCUT2D eigenvalue weighted by Gasteiger charge is 2.47. The lowest BCUT2D eigenvalue weighted by molar-refractivity contribution is -0.210. The van der Waals surface area contributed by atoms with Crippen molar-refractivity contribution in [1.29, 1.82) is 0 Å². The quantitative estimate of drug-likeness (QED) is 0.0363. The summed E-state index contributed by atoms with van der Waals surface area (Å²) in [6, 6.07) is 0. The average molecular weight is 919 g/mol. The van der Waals surface area contributed by atoms with Crippen LogP contribution in [-0.4, -0.2) is 124 Å². The van der Waals surface area contributed by atoms with Gasteiger partial charge in [-0.25, -0.2) is 4.31 Å². The Labute approximate surface area is 354 Å². The highest BCUT2D eigenvalue weighted by molar-refractivity contribution is 8.14. The molecule has 0 radical (unpaired) electrons.